The third-order valence-corrected chi connectivity index (χ3v) is 2.70. The van der Waals surface area contributed by atoms with Gasteiger partial charge in [-0.3, -0.25) is 0 Å². The number of alkyl halides is 3. The fourth-order valence-electron chi connectivity index (χ4n) is 1.69. The Morgan fingerprint density at radius 3 is 2.16 bits per heavy atom. The van der Waals surface area contributed by atoms with Crippen molar-refractivity contribution in [1.29, 1.82) is 0 Å². The monoisotopic (exact) mass is 276 g/mol. The van der Waals surface area contributed by atoms with E-state index in [1.54, 1.807) is 27.7 Å². The maximum atomic E-state index is 12.8. The molecule has 1 aromatic rings. The van der Waals surface area contributed by atoms with Crippen LogP contribution in [0.1, 0.15) is 44.9 Å². The van der Waals surface area contributed by atoms with Crippen LogP contribution >= 0.6 is 0 Å². The molecule has 0 aromatic heterocycles. The Morgan fingerprint density at radius 2 is 1.74 bits per heavy atom. The van der Waals surface area contributed by atoms with E-state index < -0.39 is 23.3 Å². The third kappa shape index (κ3) is 4.13. The first-order chi connectivity index (χ1) is 8.55. The number of aliphatic hydroxyl groups excluding tert-OH is 1. The number of ether oxygens (including phenoxy) is 1. The van der Waals surface area contributed by atoms with Gasteiger partial charge < -0.3 is 9.84 Å². The second kappa shape index (κ2) is 5.41. The zero-order valence-corrected chi connectivity index (χ0v) is 11.5. The van der Waals surface area contributed by atoms with Crippen LogP contribution in [-0.2, 0) is 6.18 Å². The minimum Gasteiger partial charge on any atom is -0.494 e. The Bertz CT molecular complexity index is 433. The van der Waals surface area contributed by atoms with Crippen LogP contribution in [0.25, 0.3) is 0 Å². The quantitative estimate of drug-likeness (QED) is 0.897. The molecular formula is C14H19F3O2. The summed E-state index contributed by atoms with van der Waals surface area (Å²) >= 11 is 0. The van der Waals surface area contributed by atoms with Crippen LogP contribution in [0.2, 0.25) is 0 Å². The van der Waals surface area contributed by atoms with Crippen LogP contribution in [0.5, 0.6) is 5.75 Å². The highest BCUT2D eigenvalue weighted by Gasteiger charge is 2.33. The Morgan fingerprint density at radius 1 is 1.16 bits per heavy atom. The van der Waals surface area contributed by atoms with Crippen molar-refractivity contribution in [2.24, 2.45) is 5.41 Å². The molecule has 19 heavy (non-hydrogen) atoms. The Hall–Kier alpha value is -1.23. The highest BCUT2D eigenvalue weighted by molar-refractivity contribution is 5.37. The van der Waals surface area contributed by atoms with Crippen molar-refractivity contribution in [1.82, 2.24) is 0 Å². The zero-order valence-electron chi connectivity index (χ0n) is 11.5. The molecule has 0 saturated heterocycles. The highest BCUT2D eigenvalue weighted by atomic mass is 19.4. The largest absolute Gasteiger partial charge is 0.494 e. The molecule has 0 fully saturated rings. The second-order valence-corrected chi connectivity index (χ2v) is 5.49. The maximum Gasteiger partial charge on any atom is 0.416 e. The summed E-state index contributed by atoms with van der Waals surface area (Å²) in [5.74, 6) is 0.121. The lowest BCUT2D eigenvalue weighted by Gasteiger charge is -2.27. The van der Waals surface area contributed by atoms with Crippen molar-refractivity contribution >= 4 is 0 Å². The molecule has 0 heterocycles. The van der Waals surface area contributed by atoms with Crippen molar-refractivity contribution < 1.29 is 23.0 Å². The van der Waals surface area contributed by atoms with E-state index in [9.17, 15) is 18.3 Å². The fraction of sp³-hybridized carbons (Fsp3) is 0.571. The van der Waals surface area contributed by atoms with Gasteiger partial charge in [-0.25, -0.2) is 0 Å². The first kappa shape index (κ1) is 15.8. The van der Waals surface area contributed by atoms with Gasteiger partial charge in [-0.05, 0) is 36.1 Å². The summed E-state index contributed by atoms with van der Waals surface area (Å²) in [4.78, 5) is 0. The van der Waals surface area contributed by atoms with Crippen molar-refractivity contribution in [3.05, 3.63) is 29.3 Å². The van der Waals surface area contributed by atoms with Crippen LogP contribution in [0.4, 0.5) is 13.2 Å². The van der Waals surface area contributed by atoms with E-state index >= 15 is 0 Å². The third-order valence-electron chi connectivity index (χ3n) is 2.70. The Labute approximate surface area is 111 Å². The molecule has 0 saturated carbocycles. The molecule has 0 aliphatic carbocycles. The van der Waals surface area contributed by atoms with E-state index in [-0.39, 0.29) is 17.9 Å². The predicted octanol–water partition coefficient (Wildman–Crippen LogP) is 4.18. The summed E-state index contributed by atoms with van der Waals surface area (Å²) in [6, 6.07) is 3.37. The highest BCUT2D eigenvalue weighted by Crippen LogP contribution is 2.38. The summed E-state index contributed by atoms with van der Waals surface area (Å²) in [5, 5.41) is 10.1. The average molecular weight is 276 g/mol. The molecule has 1 atom stereocenters. The van der Waals surface area contributed by atoms with Crippen LogP contribution in [0.15, 0.2) is 18.2 Å². The molecule has 5 heteroatoms. The molecule has 1 aromatic carbocycles. The number of hydrogen-bond donors (Lipinski definition) is 1. The van der Waals surface area contributed by atoms with Crippen molar-refractivity contribution in [2.75, 3.05) is 6.61 Å². The van der Waals surface area contributed by atoms with Gasteiger partial charge in [0.1, 0.15) is 5.75 Å². The fourth-order valence-corrected chi connectivity index (χ4v) is 1.69. The maximum absolute atomic E-state index is 12.8. The van der Waals surface area contributed by atoms with E-state index in [4.69, 9.17) is 4.74 Å². The lowest BCUT2D eigenvalue weighted by molar-refractivity contribution is -0.137. The molecule has 0 amide bonds. The van der Waals surface area contributed by atoms with Gasteiger partial charge in [0.2, 0.25) is 0 Å². The number of rotatable bonds is 3. The van der Waals surface area contributed by atoms with E-state index in [0.717, 1.165) is 12.1 Å². The van der Waals surface area contributed by atoms with Gasteiger partial charge in [0, 0.05) is 0 Å². The molecule has 108 valence electrons. The number of aliphatic hydroxyl groups is 1. The summed E-state index contributed by atoms with van der Waals surface area (Å²) in [5.41, 5.74) is -1.14. The molecule has 0 radical (unpaired) electrons. The lowest BCUT2D eigenvalue weighted by atomic mass is 9.84. The molecule has 0 aliphatic rings. The van der Waals surface area contributed by atoms with Gasteiger partial charge in [-0.2, -0.15) is 13.2 Å². The summed E-state index contributed by atoms with van der Waals surface area (Å²) in [7, 11) is 0. The molecule has 1 rings (SSSR count). The van der Waals surface area contributed by atoms with E-state index in [1.807, 2.05) is 0 Å². The zero-order chi connectivity index (χ0) is 14.8. The SMILES string of the molecule is CCOc1cc(C(O)C(C)(C)C)cc(C(F)(F)F)c1. The Balaban J connectivity index is 3.28. The molecule has 0 bridgehead atoms. The minimum absolute atomic E-state index is 0.121. The number of hydrogen-bond acceptors (Lipinski definition) is 2. The summed E-state index contributed by atoms with van der Waals surface area (Å²) in [6.45, 7) is 7.25. The van der Waals surface area contributed by atoms with Gasteiger partial charge in [-0.1, -0.05) is 20.8 Å². The van der Waals surface area contributed by atoms with Gasteiger partial charge in [0.05, 0.1) is 18.3 Å². The Kier molecular flexibility index (Phi) is 4.50. The van der Waals surface area contributed by atoms with Crippen LogP contribution < -0.4 is 4.74 Å². The lowest BCUT2D eigenvalue weighted by Crippen LogP contribution is -2.19. The summed E-state index contributed by atoms with van der Waals surface area (Å²) < 4.78 is 43.6. The number of benzene rings is 1. The van der Waals surface area contributed by atoms with Gasteiger partial charge >= 0.3 is 6.18 Å². The first-order valence-corrected chi connectivity index (χ1v) is 6.08. The van der Waals surface area contributed by atoms with E-state index in [1.165, 1.54) is 6.07 Å². The van der Waals surface area contributed by atoms with E-state index in [0.29, 0.717) is 0 Å². The average Bonchev–Trinajstić information content (AvgIpc) is 2.25. The van der Waals surface area contributed by atoms with Gasteiger partial charge in [-0.15, -0.1) is 0 Å². The first-order valence-electron chi connectivity index (χ1n) is 6.08. The molecular weight excluding hydrogens is 257 g/mol. The van der Waals surface area contributed by atoms with Crippen LogP contribution in [-0.4, -0.2) is 11.7 Å². The molecule has 0 spiro atoms. The van der Waals surface area contributed by atoms with Gasteiger partial charge in [0.25, 0.3) is 0 Å². The molecule has 1 unspecified atom stereocenters. The minimum atomic E-state index is -4.46. The molecule has 0 aliphatic heterocycles. The predicted molar refractivity (Wildman–Crippen MR) is 67.0 cm³/mol. The van der Waals surface area contributed by atoms with E-state index in [2.05, 4.69) is 0 Å². The standard InChI is InChI=1S/C14H19F3O2/c1-5-19-11-7-9(12(18)13(2,3)4)6-10(8-11)14(15,16)17/h6-8,12,18H,5H2,1-4H3. The van der Waals surface area contributed by atoms with Crippen molar-refractivity contribution in [3.63, 3.8) is 0 Å². The number of halogens is 3. The van der Waals surface area contributed by atoms with Crippen molar-refractivity contribution in [3.8, 4) is 5.75 Å². The van der Waals surface area contributed by atoms with Crippen LogP contribution in [0, 0.1) is 5.41 Å². The topological polar surface area (TPSA) is 29.5 Å². The second-order valence-electron chi connectivity index (χ2n) is 5.49. The summed E-state index contributed by atoms with van der Waals surface area (Å²) in [6.07, 6.45) is -5.45. The van der Waals surface area contributed by atoms with Crippen LogP contribution in [0.3, 0.4) is 0 Å². The normalized spacial score (nSPS) is 14.3. The van der Waals surface area contributed by atoms with Gasteiger partial charge in [0.15, 0.2) is 0 Å². The smallest absolute Gasteiger partial charge is 0.416 e. The molecule has 2 nitrogen and oxygen atoms in total. The van der Waals surface area contributed by atoms with Crippen molar-refractivity contribution in [2.45, 2.75) is 40.0 Å². The molecule has 1 N–H and O–H groups in total.